The van der Waals surface area contributed by atoms with Gasteiger partial charge in [0.05, 0.1) is 6.42 Å². The molecule has 14 heavy (non-hydrogen) atoms. The Bertz CT molecular complexity index is 317. The number of hydrogen-bond acceptors (Lipinski definition) is 4. The van der Waals surface area contributed by atoms with Crippen LogP contribution in [0.5, 0.6) is 0 Å². The van der Waals surface area contributed by atoms with E-state index >= 15 is 0 Å². The van der Waals surface area contributed by atoms with E-state index in [-0.39, 0.29) is 18.8 Å². The van der Waals surface area contributed by atoms with Crippen LogP contribution >= 0.6 is 0 Å². The van der Waals surface area contributed by atoms with Gasteiger partial charge in [-0.25, -0.2) is 9.97 Å². The molecule has 0 N–H and O–H groups in total. The van der Waals surface area contributed by atoms with Crippen LogP contribution in [-0.2, 0) is 16.0 Å². The van der Waals surface area contributed by atoms with Gasteiger partial charge in [0.2, 0.25) is 0 Å². The molecule has 0 aliphatic rings. The average molecular weight is 194 g/mol. The molecule has 0 amide bonds. The molecule has 0 aromatic carbocycles. The Kier molecular flexibility index (Phi) is 3.71. The van der Waals surface area contributed by atoms with E-state index in [1.165, 1.54) is 7.11 Å². The lowest BCUT2D eigenvalue weighted by molar-refractivity contribution is -0.122. The summed E-state index contributed by atoms with van der Waals surface area (Å²) in [6.45, 7) is 3.90. The summed E-state index contributed by atoms with van der Waals surface area (Å²) >= 11 is 0. The molecular weight excluding hydrogens is 180 g/mol. The normalized spacial score (nSPS) is 10.2. The van der Waals surface area contributed by atoms with E-state index in [4.69, 9.17) is 4.74 Å². The Morgan fingerprint density at radius 3 is 2.43 bits per heavy atom. The predicted molar refractivity (Wildman–Crippen MR) is 52.1 cm³/mol. The lowest BCUT2D eigenvalue weighted by Gasteiger charge is -2.01. The summed E-state index contributed by atoms with van der Waals surface area (Å²) in [5.41, 5.74) is 1.77. The van der Waals surface area contributed by atoms with Gasteiger partial charge in [0, 0.05) is 18.5 Å². The van der Waals surface area contributed by atoms with Crippen LogP contribution in [0.3, 0.4) is 0 Å². The number of aryl methyl sites for hydroxylation is 2. The van der Waals surface area contributed by atoms with Crippen LogP contribution in [0.15, 0.2) is 6.07 Å². The first kappa shape index (κ1) is 10.8. The van der Waals surface area contributed by atoms with Gasteiger partial charge in [-0.05, 0) is 19.9 Å². The van der Waals surface area contributed by atoms with Crippen molar-refractivity contribution in [2.45, 2.75) is 20.3 Å². The van der Waals surface area contributed by atoms with Gasteiger partial charge in [0.1, 0.15) is 12.4 Å². The Balaban J connectivity index is 2.71. The van der Waals surface area contributed by atoms with Crippen molar-refractivity contribution in [3.63, 3.8) is 0 Å². The first-order chi connectivity index (χ1) is 6.61. The fourth-order valence-corrected chi connectivity index (χ4v) is 1.27. The maximum Gasteiger partial charge on any atom is 0.166 e. The van der Waals surface area contributed by atoms with E-state index in [9.17, 15) is 4.79 Å². The van der Waals surface area contributed by atoms with Crippen LogP contribution in [0.4, 0.5) is 0 Å². The molecule has 0 spiro atoms. The number of carbonyl (C=O) groups is 1. The maximum atomic E-state index is 11.2. The third-order valence-corrected chi connectivity index (χ3v) is 1.69. The van der Waals surface area contributed by atoms with Gasteiger partial charge in [-0.1, -0.05) is 0 Å². The molecule has 4 heteroatoms. The molecule has 0 unspecified atom stereocenters. The number of ketones is 1. The van der Waals surface area contributed by atoms with Crippen molar-refractivity contribution in [2.75, 3.05) is 13.7 Å². The summed E-state index contributed by atoms with van der Waals surface area (Å²) in [5.74, 6) is 0.571. The van der Waals surface area contributed by atoms with Crippen molar-refractivity contribution >= 4 is 5.78 Å². The van der Waals surface area contributed by atoms with Crippen LogP contribution < -0.4 is 0 Å². The van der Waals surface area contributed by atoms with Crippen molar-refractivity contribution in [1.82, 2.24) is 9.97 Å². The number of aromatic nitrogens is 2. The maximum absolute atomic E-state index is 11.2. The SMILES string of the molecule is COCC(=O)Cc1nc(C)cc(C)n1. The van der Waals surface area contributed by atoms with Crippen molar-refractivity contribution < 1.29 is 9.53 Å². The van der Waals surface area contributed by atoms with Gasteiger partial charge in [0.15, 0.2) is 5.78 Å². The lowest BCUT2D eigenvalue weighted by Crippen LogP contribution is -2.12. The largest absolute Gasteiger partial charge is 0.377 e. The van der Waals surface area contributed by atoms with Crippen molar-refractivity contribution in [3.05, 3.63) is 23.3 Å². The smallest absolute Gasteiger partial charge is 0.166 e. The molecule has 4 nitrogen and oxygen atoms in total. The molecule has 0 atom stereocenters. The van der Waals surface area contributed by atoms with E-state index in [0.29, 0.717) is 5.82 Å². The fourth-order valence-electron chi connectivity index (χ4n) is 1.27. The quantitative estimate of drug-likeness (QED) is 0.713. The molecule has 0 aliphatic carbocycles. The van der Waals surface area contributed by atoms with Crippen molar-refractivity contribution in [1.29, 1.82) is 0 Å². The monoisotopic (exact) mass is 194 g/mol. The highest BCUT2D eigenvalue weighted by atomic mass is 16.5. The van der Waals surface area contributed by atoms with Gasteiger partial charge < -0.3 is 4.74 Å². The highest BCUT2D eigenvalue weighted by Crippen LogP contribution is 2.00. The van der Waals surface area contributed by atoms with Gasteiger partial charge in [0.25, 0.3) is 0 Å². The van der Waals surface area contributed by atoms with E-state index in [0.717, 1.165) is 11.4 Å². The van der Waals surface area contributed by atoms with Crippen LogP contribution in [0.2, 0.25) is 0 Å². The van der Waals surface area contributed by atoms with Crippen LogP contribution in [0.25, 0.3) is 0 Å². The van der Waals surface area contributed by atoms with Gasteiger partial charge in [-0.2, -0.15) is 0 Å². The fraction of sp³-hybridized carbons (Fsp3) is 0.500. The van der Waals surface area contributed by atoms with E-state index in [2.05, 4.69) is 9.97 Å². The van der Waals surface area contributed by atoms with Crippen LogP contribution in [0.1, 0.15) is 17.2 Å². The van der Waals surface area contributed by atoms with Gasteiger partial charge >= 0.3 is 0 Å². The first-order valence-electron chi connectivity index (χ1n) is 4.43. The number of nitrogens with zero attached hydrogens (tertiary/aromatic N) is 2. The highest BCUT2D eigenvalue weighted by Gasteiger charge is 2.06. The lowest BCUT2D eigenvalue weighted by atomic mass is 10.2. The average Bonchev–Trinajstić information content (AvgIpc) is 2.01. The third-order valence-electron chi connectivity index (χ3n) is 1.69. The van der Waals surface area contributed by atoms with Crippen LogP contribution in [0, 0.1) is 13.8 Å². The summed E-state index contributed by atoms with van der Waals surface area (Å²) in [7, 11) is 1.50. The first-order valence-corrected chi connectivity index (χ1v) is 4.43. The summed E-state index contributed by atoms with van der Waals surface area (Å²) in [5, 5.41) is 0. The zero-order valence-corrected chi connectivity index (χ0v) is 8.70. The Labute approximate surface area is 83.3 Å². The molecule has 1 heterocycles. The standard InChI is InChI=1S/C10H14N2O2/c1-7-4-8(2)12-10(11-7)5-9(13)6-14-3/h4H,5-6H2,1-3H3. The number of methoxy groups -OCH3 is 1. The van der Waals surface area contributed by atoms with Gasteiger partial charge in [-0.15, -0.1) is 0 Å². The second kappa shape index (κ2) is 4.81. The predicted octanol–water partition coefficient (Wildman–Crippen LogP) is 0.851. The summed E-state index contributed by atoms with van der Waals surface area (Å²) in [6, 6.07) is 1.88. The van der Waals surface area contributed by atoms with E-state index < -0.39 is 0 Å². The molecule has 1 aromatic rings. The van der Waals surface area contributed by atoms with E-state index in [1.807, 2.05) is 19.9 Å². The van der Waals surface area contributed by atoms with Gasteiger partial charge in [-0.3, -0.25) is 4.79 Å². The minimum absolute atomic E-state index is 0.00231. The number of Topliss-reactive ketones (excluding diaryl/α,β-unsaturated/α-hetero) is 1. The topological polar surface area (TPSA) is 52.1 Å². The minimum Gasteiger partial charge on any atom is -0.377 e. The summed E-state index contributed by atoms with van der Waals surface area (Å²) in [4.78, 5) is 19.6. The number of ether oxygens (including phenoxy) is 1. The second-order valence-corrected chi connectivity index (χ2v) is 3.22. The number of carbonyl (C=O) groups excluding carboxylic acids is 1. The van der Waals surface area contributed by atoms with Crippen molar-refractivity contribution in [2.24, 2.45) is 0 Å². The Hall–Kier alpha value is -1.29. The zero-order valence-electron chi connectivity index (χ0n) is 8.70. The second-order valence-electron chi connectivity index (χ2n) is 3.22. The Morgan fingerprint density at radius 1 is 1.36 bits per heavy atom. The molecule has 0 saturated carbocycles. The zero-order chi connectivity index (χ0) is 10.6. The molecular formula is C10H14N2O2. The molecule has 0 fully saturated rings. The molecule has 1 aromatic heterocycles. The minimum atomic E-state index is -0.00231. The molecule has 76 valence electrons. The van der Waals surface area contributed by atoms with Crippen molar-refractivity contribution in [3.8, 4) is 0 Å². The molecule has 0 bridgehead atoms. The molecule has 0 aliphatic heterocycles. The molecule has 0 radical (unpaired) electrons. The summed E-state index contributed by atoms with van der Waals surface area (Å²) < 4.78 is 4.73. The third kappa shape index (κ3) is 3.22. The molecule has 0 saturated heterocycles. The molecule has 1 rings (SSSR count). The summed E-state index contributed by atoms with van der Waals surface area (Å²) in [6.07, 6.45) is 0.246. The van der Waals surface area contributed by atoms with Crippen LogP contribution in [-0.4, -0.2) is 29.5 Å². The van der Waals surface area contributed by atoms with E-state index in [1.54, 1.807) is 0 Å². The number of hydrogen-bond donors (Lipinski definition) is 0. The number of rotatable bonds is 4. The Morgan fingerprint density at radius 2 is 1.93 bits per heavy atom. The highest BCUT2D eigenvalue weighted by molar-refractivity contribution is 5.81.